The van der Waals surface area contributed by atoms with Crippen molar-refractivity contribution in [2.75, 3.05) is 19.8 Å². The highest BCUT2D eigenvalue weighted by atomic mass is 16.7. The molecule has 0 radical (unpaired) electrons. The van der Waals surface area contributed by atoms with E-state index in [9.17, 15) is 45.6 Å². The molecular formula is C66H111NO13. The van der Waals surface area contributed by atoms with Crippen molar-refractivity contribution in [2.24, 2.45) is 0 Å². The molecule has 0 saturated carbocycles. The summed E-state index contributed by atoms with van der Waals surface area (Å²) in [7, 11) is 0. The van der Waals surface area contributed by atoms with Crippen molar-refractivity contribution in [3.63, 3.8) is 0 Å². The van der Waals surface area contributed by atoms with Gasteiger partial charge >= 0.3 is 0 Å². The van der Waals surface area contributed by atoms with Gasteiger partial charge in [-0.15, -0.1) is 0 Å². The summed E-state index contributed by atoms with van der Waals surface area (Å²) >= 11 is 0. The lowest BCUT2D eigenvalue weighted by Crippen LogP contribution is -2.65. The van der Waals surface area contributed by atoms with E-state index in [4.69, 9.17) is 18.9 Å². The van der Waals surface area contributed by atoms with Gasteiger partial charge in [-0.05, 0) is 83.5 Å². The predicted octanol–water partition coefficient (Wildman–Crippen LogP) is 11.2. The number of carbonyl (C=O) groups excluding carboxylic acids is 1. The first-order chi connectivity index (χ1) is 39.1. The van der Waals surface area contributed by atoms with E-state index >= 15 is 0 Å². The summed E-state index contributed by atoms with van der Waals surface area (Å²) in [6.07, 6.45) is 54.0. The summed E-state index contributed by atoms with van der Waals surface area (Å²) in [6.45, 7) is 2.66. The van der Waals surface area contributed by atoms with Crippen LogP contribution in [-0.4, -0.2) is 140 Å². The molecule has 80 heavy (non-hydrogen) atoms. The standard InChI is InChI=1S/C66H111NO13/c1-3-5-7-9-11-13-15-17-19-21-22-23-24-25-26-27-28-29-30-31-32-34-36-38-40-42-44-46-48-50-58(71)67-54(55(70)49-47-45-43-41-39-37-35-33-20-18-16-14-12-10-8-6-4-2)53-77-65-63(76)61(74)64(57(52-69)79-65)80-66-62(75)60(73)59(72)56(51-68)78-66/h5,7,11,13,17,19,22-23,25-26,28-29,31-32,36,38,47,49,54-57,59-66,68-70,72-76H,3-4,6,8-10,12,14-16,18,20-21,24,27,30,33-35,37,39-46,48,50-53H2,1-2H3,(H,67,71)/b7-5-,13-11-,19-17-,23-22-,26-25-,29-28-,32-31-,38-36-,49-47+. The van der Waals surface area contributed by atoms with Gasteiger partial charge in [0.1, 0.15) is 48.8 Å². The fraction of sp³-hybridized carbons (Fsp3) is 0.712. The number of allylic oxidation sites excluding steroid dienone is 17. The third-order valence-corrected chi connectivity index (χ3v) is 14.5. The highest BCUT2D eigenvalue weighted by molar-refractivity contribution is 5.76. The molecule has 2 aliphatic heterocycles. The molecule has 2 aliphatic rings. The van der Waals surface area contributed by atoms with Gasteiger partial charge < -0.3 is 65.1 Å². The van der Waals surface area contributed by atoms with Crippen molar-refractivity contribution in [3.05, 3.63) is 109 Å². The first-order valence-electron chi connectivity index (χ1n) is 31.1. The minimum absolute atomic E-state index is 0.244. The number of nitrogens with one attached hydrogen (secondary N) is 1. The fourth-order valence-corrected chi connectivity index (χ4v) is 9.48. The second kappa shape index (κ2) is 50.2. The second-order valence-electron chi connectivity index (χ2n) is 21.5. The Balaban J connectivity index is 1.76. The van der Waals surface area contributed by atoms with Gasteiger partial charge in [-0.1, -0.05) is 226 Å². The molecule has 12 atom stereocenters. The van der Waals surface area contributed by atoms with E-state index in [0.717, 1.165) is 96.3 Å². The summed E-state index contributed by atoms with van der Waals surface area (Å²) in [5.41, 5.74) is 0. The highest BCUT2D eigenvalue weighted by Crippen LogP contribution is 2.30. The monoisotopic (exact) mass is 1130 g/mol. The number of hydrogen-bond acceptors (Lipinski definition) is 13. The molecule has 0 aromatic carbocycles. The largest absolute Gasteiger partial charge is 0.394 e. The molecular weight excluding hydrogens is 1010 g/mol. The number of hydrogen-bond donors (Lipinski definition) is 9. The average Bonchev–Trinajstić information content (AvgIpc) is 3.46. The topological polar surface area (TPSA) is 228 Å². The molecule has 0 aliphatic carbocycles. The number of carbonyl (C=O) groups is 1. The van der Waals surface area contributed by atoms with Gasteiger partial charge in [-0.2, -0.15) is 0 Å². The summed E-state index contributed by atoms with van der Waals surface area (Å²) < 4.78 is 22.8. The van der Waals surface area contributed by atoms with E-state index in [-0.39, 0.29) is 18.9 Å². The van der Waals surface area contributed by atoms with Crippen molar-refractivity contribution in [1.82, 2.24) is 5.32 Å². The molecule has 0 aromatic heterocycles. The number of rotatable bonds is 48. The van der Waals surface area contributed by atoms with Crippen LogP contribution in [0.1, 0.15) is 206 Å². The Labute approximate surface area is 483 Å². The van der Waals surface area contributed by atoms with E-state index in [0.29, 0.717) is 6.42 Å². The zero-order chi connectivity index (χ0) is 58.1. The lowest BCUT2D eigenvalue weighted by molar-refractivity contribution is -0.359. The lowest BCUT2D eigenvalue weighted by atomic mass is 9.97. The van der Waals surface area contributed by atoms with E-state index in [1.807, 2.05) is 6.08 Å². The van der Waals surface area contributed by atoms with Crippen LogP contribution in [0.25, 0.3) is 0 Å². The summed E-state index contributed by atoms with van der Waals surface area (Å²) in [5, 5.41) is 87.2. The van der Waals surface area contributed by atoms with E-state index < -0.39 is 86.8 Å². The maximum Gasteiger partial charge on any atom is 0.220 e. The van der Waals surface area contributed by atoms with E-state index in [2.05, 4.69) is 116 Å². The molecule has 14 heteroatoms. The maximum absolute atomic E-state index is 13.3. The molecule has 0 spiro atoms. The van der Waals surface area contributed by atoms with Crippen LogP contribution in [0.5, 0.6) is 0 Å². The second-order valence-corrected chi connectivity index (χ2v) is 21.5. The fourth-order valence-electron chi connectivity index (χ4n) is 9.48. The molecule has 12 unspecified atom stereocenters. The Morgan fingerprint density at radius 2 is 0.863 bits per heavy atom. The Hall–Kier alpha value is -3.35. The smallest absolute Gasteiger partial charge is 0.220 e. The SMILES string of the molecule is CC/C=C\C/C=C\C/C=C\C/C=C\C/C=C\C/C=C\C/C=C\C/C=C\CCCCCCC(=O)NC(COC1OC(CO)C(OC2OC(CO)C(O)C(O)C2O)C(O)C1O)C(O)/C=C/CCCCCCCCCCCCCCCCC. The summed E-state index contributed by atoms with van der Waals surface area (Å²) in [5.74, 6) is -0.268. The van der Waals surface area contributed by atoms with Crippen LogP contribution in [0, 0.1) is 0 Å². The average molecular weight is 1130 g/mol. The Morgan fingerprint density at radius 1 is 0.463 bits per heavy atom. The molecule has 14 nitrogen and oxygen atoms in total. The van der Waals surface area contributed by atoms with Crippen LogP contribution in [0.2, 0.25) is 0 Å². The zero-order valence-electron chi connectivity index (χ0n) is 49.3. The molecule has 2 rings (SSSR count). The first-order valence-corrected chi connectivity index (χ1v) is 31.1. The molecule has 2 fully saturated rings. The van der Waals surface area contributed by atoms with Gasteiger partial charge in [0.15, 0.2) is 12.6 Å². The van der Waals surface area contributed by atoms with Crippen LogP contribution >= 0.6 is 0 Å². The first kappa shape index (κ1) is 72.8. The molecule has 2 heterocycles. The Kier molecular flexibility index (Phi) is 45.6. The van der Waals surface area contributed by atoms with Crippen molar-refractivity contribution in [2.45, 2.75) is 280 Å². The third kappa shape index (κ3) is 34.9. The van der Waals surface area contributed by atoms with Crippen LogP contribution in [-0.2, 0) is 23.7 Å². The maximum atomic E-state index is 13.3. The summed E-state index contributed by atoms with van der Waals surface area (Å²) in [4.78, 5) is 13.3. The highest BCUT2D eigenvalue weighted by Gasteiger charge is 2.51. The quantitative estimate of drug-likeness (QED) is 0.0204. The Bertz CT molecular complexity index is 1760. The lowest BCUT2D eigenvalue weighted by Gasteiger charge is -2.46. The van der Waals surface area contributed by atoms with E-state index in [1.54, 1.807) is 6.08 Å². The molecule has 458 valence electrons. The van der Waals surface area contributed by atoms with Crippen LogP contribution in [0.15, 0.2) is 109 Å². The van der Waals surface area contributed by atoms with Crippen LogP contribution < -0.4 is 5.32 Å². The minimum Gasteiger partial charge on any atom is -0.394 e. The molecule has 0 bridgehead atoms. The third-order valence-electron chi connectivity index (χ3n) is 14.5. The zero-order valence-corrected chi connectivity index (χ0v) is 49.3. The molecule has 0 aromatic rings. The van der Waals surface area contributed by atoms with Gasteiger partial charge in [0.05, 0.1) is 32.0 Å². The van der Waals surface area contributed by atoms with Gasteiger partial charge in [0.25, 0.3) is 0 Å². The normalized spacial score (nSPS) is 25.0. The number of unbranched alkanes of at least 4 members (excludes halogenated alkanes) is 19. The number of ether oxygens (including phenoxy) is 4. The number of aliphatic hydroxyl groups excluding tert-OH is 8. The molecule has 9 N–H and O–H groups in total. The van der Waals surface area contributed by atoms with Crippen molar-refractivity contribution < 1.29 is 64.6 Å². The molecule has 1 amide bonds. The van der Waals surface area contributed by atoms with Crippen molar-refractivity contribution >= 4 is 5.91 Å². The number of amides is 1. The van der Waals surface area contributed by atoms with E-state index in [1.165, 1.54) is 83.5 Å². The van der Waals surface area contributed by atoms with Crippen LogP contribution in [0.3, 0.4) is 0 Å². The van der Waals surface area contributed by atoms with Crippen molar-refractivity contribution in [1.29, 1.82) is 0 Å². The van der Waals surface area contributed by atoms with Crippen LogP contribution in [0.4, 0.5) is 0 Å². The number of aliphatic hydroxyl groups is 8. The van der Waals surface area contributed by atoms with Gasteiger partial charge in [-0.25, -0.2) is 0 Å². The van der Waals surface area contributed by atoms with Gasteiger partial charge in [0.2, 0.25) is 5.91 Å². The van der Waals surface area contributed by atoms with Crippen molar-refractivity contribution in [3.8, 4) is 0 Å². The van der Waals surface area contributed by atoms with Gasteiger partial charge in [-0.3, -0.25) is 4.79 Å². The van der Waals surface area contributed by atoms with Gasteiger partial charge in [0, 0.05) is 6.42 Å². The minimum atomic E-state index is -1.80. The Morgan fingerprint density at radius 3 is 1.32 bits per heavy atom. The predicted molar refractivity (Wildman–Crippen MR) is 322 cm³/mol. The summed E-state index contributed by atoms with van der Waals surface area (Å²) in [6, 6.07) is -0.937. The molecule has 2 saturated heterocycles.